The molecule has 3 rings (SSSR count). The Morgan fingerprint density at radius 2 is 2.14 bits per heavy atom. The highest BCUT2D eigenvalue weighted by molar-refractivity contribution is 5.90. The van der Waals surface area contributed by atoms with Crippen LogP contribution in [0.1, 0.15) is 57.4 Å². The number of nitrogens with one attached hydrogen (secondary N) is 1. The number of likely N-dealkylation sites (tertiary alicyclic amines) is 1. The maximum absolute atomic E-state index is 12.1. The summed E-state index contributed by atoms with van der Waals surface area (Å²) in [5, 5.41) is 7.41. The van der Waals surface area contributed by atoms with Gasteiger partial charge in [-0.15, -0.1) is 0 Å². The van der Waals surface area contributed by atoms with Gasteiger partial charge in [-0.3, -0.25) is 9.48 Å². The lowest BCUT2D eigenvalue weighted by atomic mass is 9.93. The van der Waals surface area contributed by atoms with Crippen LogP contribution in [0.4, 0.5) is 5.69 Å². The second-order valence-corrected chi connectivity index (χ2v) is 7.00. The predicted octanol–water partition coefficient (Wildman–Crippen LogP) is 3.06. The molecule has 1 aliphatic carbocycles. The molecule has 0 radical (unpaired) electrons. The van der Waals surface area contributed by atoms with Gasteiger partial charge in [0, 0.05) is 19.2 Å². The fraction of sp³-hybridized carbons (Fsp3) is 0.765. The zero-order valence-electron chi connectivity index (χ0n) is 13.6. The van der Waals surface area contributed by atoms with Crippen LogP contribution in [0.5, 0.6) is 0 Å². The highest BCUT2D eigenvalue weighted by Crippen LogP contribution is 2.29. The standard InChI is InChI=1S/C17H28N4O/c1-20-10-4-5-14(12-20)8-9-17(22)19-15-11-18-21(13-15)16-6-2-3-7-16/h11,13-14,16H,2-10,12H2,1H3,(H,19,22). The van der Waals surface area contributed by atoms with Crippen LogP contribution in [0, 0.1) is 5.92 Å². The van der Waals surface area contributed by atoms with Gasteiger partial charge in [-0.1, -0.05) is 12.8 Å². The maximum Gasteiger partial charge on any atom is 0.224 e. The van der Waals surface area contributed by atoms with Gasteiger partial charge in [-0.2, -0.15) is 5.10 Å². The van der Waals surface area contributed by atoms with Crippen molar-refractivity contribution in [3.63, 3.8) is 0 Å². The van der Waals surface area contributed by atoms with Crippen molar-refractivity contribution in [1.29, 1.82) is 0 Å². The van der Waals surface area contributed by atoms with E-state index in [1.54, 1.807) is 6.20 Å². The van der Waals surface area contributed by atoms with Gasteiger partial charge in [0.15, 0.2) is 0 Å². The van der Waals surface area contributed by atoms with Gasteiger partial charge in [-0.05, 0) is 51.6 Å². The van der Waals surface area contributed by atoms with E-state index in [4.69, 9.17) is 0 Å². The van der Waals surface area contributed by atoms with Crippen molar-refractivity contribution >= 4 is 11.6 Å². The summed E-state index contributed by atoms with van der Waals surface area (Å²) < 4.78 is 2.03. The first kappa shape index (κ1) is 15.5. The first-order valence-corrected chi connectivity index (χ1v) is 8.73. The summed E-state index contributed by atoms with van der Waals surface area (Å²) in [5.41, 5.74) is 0.845. The molecule has 1 saturated heterocycles. The maximum atomic E-state index is 12.1. The van der Waals surface area contributed by atoms with Crippen molar-refractivity contribution in [2.75, 3.05) is 25.5 Å². The van der Waals surface area contributed by atoms with Gasteiger partial charge < -0.3 is 10.2 Å². The van der Waals surface area contributed by atoms with E-state index < -0.39 is 0 Å². The number of anilines is 1. The van der Waals surface area contributed by atoms with Crippen molar-refractivity contribution in [1.82, 2.24) is 14.7 Å². The zero-order valence-corrected chi connectivity index (χ0v) is 13.6. The second kappa shape index (κ2) is 7.27. The Morgan fingerprint density at radius 1 is 1.32 bits per heavy atom. The molecule has 0 aromatic carbocycles. The largest absolute Gasteiger partial charge is 0.323 e. The lowest BCUT2D eigenvalue weighted by molar-refractivity contribution is -0.116. The molecule has 5 nitrogen and oxygen atoms in total. The molecule has 1 atom stereocenters. The Bertz CT molecular complexity index is 493. The van der Waals surface area contributed by atoms with Gasteiger partial charge in [0.05, 0.1) is 17.9 Å². The lowest BCUT2D eigenvalue weighted by Crippen LogP contribution is -2.32. The van der Waals surface area contributed by atoms with Crippen molar-refractivity contribution in [2.45, 2.75) is 57.4 Å². The Morgan fingerprint density at radius 3 is 2.91 bits per heavy atom. The van der Waals surface area contributed by atoms with Crippen molar-refractivity contribution in [3.8, 4) is 0 Å². The quantitative estimate of drug-likeness (QED) is 0.909. The molecule has 0 bridgehead atoms. The second-order valence-electron chi connectivity index (χ2n) is 7.00. The van der Waals surface area contributed by atoms with Crippen molar-refractivity contribution in [2.24, 2.45) is 5.92 Å². The Labute approximate surface area is 133 Å². The monoisotopic (exact) mass is 304 g/mol. The SMILES string of the molecule is CN1CCCC(CCC(=O)Nc2cnn(C3CCCC3)c2)C1. The number of amides is 1. The topological polar surface area (TPSA) is 50.2 Å². The molecule has 1 amide bonds. The van der Waals surface area contributed by atoms with E-state index in [0.29, 0.717) is 18.4 Å². The van der Waals surface area contributed by atoms with Crippen molar-refractivity contribution in [3.05, 3.63) is 12.4 Å². The molecule has 122 valence electrons. The predicted molar refractivity (Wildman–Crippen MR) is 87.8 cm³/mol. The summed E-state index contributed by atoms with van der Waals surface area (Å²) in [6, 6.07) is 0.531. The molecule has 2 heterocycles. The molecule has 2 fully saturated rings. The van der Waals surface area contributed by atoms with Crippen molar-refractivity contribution < 1.29 is 4.79 Å². The summed E-state index contributed by atoms with van der Waals surface area (Å²) in [6.45, 7) is 2.33. The third kappa shape index (κ3) is 4.09. The van der Waals surface area contributed by atoms with E-state index in [1.807, 2.05) is 10.9 Å². The molecule has 1 aromatic rings. The number of nitrogens with zero attached hydrogens (tertiary/aromatic N) is 3. The van der Waals surface area contributed by atoms with Crippen LogP contribution in [-0.2, 0) is 4.79 Å². The third-order valence-corrected chi connectivity index (χ3v) is 5.09. The molecule has 1 saturated carbocycles. The molecule has 1 unspecified atom stereocenters. The summed E-state index contributed by atoms with van der Waals surface area (Å²) in [4.78, 5) is 14.5. The lowest BCUT2D eigenvalue weighted by Gasteiger charge is -2.29. The molecule has 1 aromatic heterocycles. The summed E-state index contributed by atoms with van der Waals surface area (Å²) >= 11 is 0. The summed E-state index contributed by atoms with van der Waals surface area (Å²) in [6.07, 6.45) is 12.9. The van der Waals surface area contributed by atoms with E-state index in [1.165, 1.54) is 45.1 Å². The Balaban J connectivity index is 1.43. The van der Waals surface area contributed by atoms with Crippen LogP contribution in [0.25, 0.3) is 0 Å². The first-order valence-electron chi connectivity index (χ1n) is 8.73. The van der Waals surface area contributed by atoms with Gasteiger partial charge in [0.25, 0.3) is 0 Å². The van der Waals surface area contributed by atoms with E-state index >= 15 is 0 Å². The summed E-state index contributed by atoms with van der Waals surface area (Å²) in [7, 11) is 2.17. The molecule has 2 aliphatic rings. The van der Waals surface area contributed by atoms with Gasteiger partial charge in [-0.25, -0.2) is 0 Å². The van der Waals surface area contributed by atoms with Crippen LogP contribution in [0.3, 0.4) is 0 Å². The van der Waals surface area contributed by atoms with E-state index in [-0.39, 0.29) is 5.91 Å². The minimum absolute atomic E-state index is 0.124. The molecule has 1 N–H and O–H groups in total. The number of hydrogen-bond donors (Lipinski definition) is 1. The normalized spacial score (nSPS) is 23.8. The first-order chi connectivity index (χ1) is 10.7. The Hall–Kier alpha value is -1.36. The number of hydrogen-bond acceptors (Lipinski definition) is 3. The van der Waals surface area contributed by atoms with E-state index in [9.17, 15) is 4.79 Å². The van der Waals surface area contributed by atoms with Crippen LogP contribution in [0.15, 0.2) is 12.4 Å². The smallest absolute Gasteiger partial charge is 0.224 e. The third-order valence-electron chi connectivity index (χ3n) is 5.09. The average molecular weight is 304 g/mol. The van der Waals surface area contributed by atoms with Gasteiger partial charge in [0.1, 0.15) is 0 Å². The van der Waals surface area contributed by atoms with Gasteiger partial charge >= 0.3 is 0 Å². The zero-order chi connectivity index (χ0) is 15.4. The fourth-order valence-electron chi connectivity index (χ4n) is 3.84. The number of rotatable bonds is 5. The van der Waals surface area contributed by atoms with E-state index in [2.05, 4.69) is 22.4 Å². The van der Waals surface area contributed by atoms with Crippen LogP contribution in [0.2, 0.25) is 0 Å². The highest BCUT2D eigenvalue weighted by Gasteiger charge is 2.19. The molecule has 5 heteroatoms. The fourth-order valence-corrected chi connectivity index (χ4v) is 3.84. The van der Waals surface area contributed by atoms with Crippen LogP contribution < -0.4 is 5.32 Å². The van der Waals surface area contributed by atoms with Crippen LogP contribution >= 0.6 is 0 Å². The number of carbonyl (C=O) groups excluding carboxylic acids is 1. The van der Waals surface area contributed by atoms with Gasteiger partial charge in [0.2, 0.25) is 5.91 Å². The Kier molecular flexibility index (Phi) is 5.13. The van der Waals surface area contributed by atoms with Crippen LogP contribution in [-0.4, -0.2) is 40.7 Å². The molecule has 22 heavy (non-hydrogen) atoms. The minimum Gasteiger partial charge on any atom is -0.323 e. The number of aromatic nitrogens is 2. The highest BCUT2D eigenvalue weighted by atomic mass is 16.1. The average Bonchev–Trinajstić information content (AvgIpc) is 3.16. The molecular weight excluding hydrogens is 276 g/mol. The number of piperidine rings is 1. The minimum atomic E-state index is 0.124. The summed E-state index contributed by atoms with van der Waals surface area (Å²) in [5.74, 6) is 0.796. The number of carbonyl (C=O) groups is 1. The molecular formula is C17H28N4O. The molecule has 0 spiro atoms. The molecule has 1 aliphatic heterocycles. The van der Waals surface area contributed by atoms with E-state index in [0.717, 1.165) is 18.7 Å².